The molecule has 0 amide bonds. The summed E-state index contributed by atoms with van der Waals surface area (Å²) >= 11 is 0. The first-order valence-corrected chi connectivity index (χ1v) is 7.48. The molecule has 4 heteroatoms. The molecule has 0 saturated heterocycles. The third kappa shape index (κ3) is 4.20. The van der Waals surface area contributed by atoms with Crippen molar-refractivity contribution >= 4 is 5.69 Å². The van der Waals surface area contributed by atoms with Crippen molar-refractivity contribution in [2.75, 3.05) is 44.9 Å². The van der Waals surface area contributed by atoms with E-state index in [1.807, 2.05) is 0 Å². The zero-order valence-electron chi connectivity index (χ0n) is 12.4. The van der Waals surface area contributed by atoms with Gasteiger partial charge < -0.3 is 20.1 Å². The Morgan fingerprint density at radius 2 is 2.15 bits per heavy atom. The monoisotopic (exact) mass is 278 g/mol. The van der Waals surface area contributed by atoms with Crippen LogP contribution >= 0.6 is 0 Å². The zero-order chi connectivity index (χ0) is 14.2. The van der Waals surface area contributed by atoms with E-state index in [0.717, 1.165) is 26.1 Å². The molecule has 4 nitrogen and oxygen atoms in total. The van der Waals surface area contributed by atoms with E-state index in [0.29, 0.717) is 19.8 Å². The summed E-state index contributed by atoms with van der Waals surface area (Å²) < 4.78 is 10.5. The van der Waals surface area contributed by atoms with Crippen LogP contribution in [0.1, 0.15) is 24.0 Å². The zero-order valence-corrected chi connectivity index (χ0v) is 12.4. The molecule has 2 N–H and O–H groups in total. The summed E-state index contributed by atoms with van der Waals surface area (Å²) in [5, 5.41) is 0. The summed E-state index contributed by atoms with van der Waals surface area (Å²) in [6.07, 6.45) is 3.46. The van der Waals surface area contributed by atoms with Gasteiger partial charge in [0, 0.05) is 39.0 Å². The van der Waals surface area contributed by atoms with Gasteiger partial charge >= 0.3 is 0 Å². The highest BCUT2D eigenvalue weighted by atomic mass is 16.5. The van der Waals surface area contributed by atoms with Gasteiger partial charge in [0.2, 0.25) is 0 Å². The predicted octanol–water partition coefficient (Wildman–Crippen LogP) is 1.95. The number of ether oxygens (including phenoxy) is 2. The lowest BCUT2D eigenvalue weighted by molar-refractivity contribution is 0.0700. The van der Waals surface area contributed by atoms with E-state index in [1.54, 1.807) is 7.11 Å². The Balaban J connectivity index is 1.82. The molecule has 0 aliphatic carbocycles. The Labute approximate surface area is 121 Å². The Morgan fingerprint density at radius 3 is 2.95 bits per heavy atom. The smallest absolute Gasteiger partial charge is 0.0700 e. The Morgan fingerprint density at radius 1 is 1.25 bits per heavy atom. The first-order chi connectivity index (χ1) is 9.85. The van der Waals surface area contributed by atoms with Crippen molar-refractivity contribution < 1.29 is 9.47 Å². The number of aryl methyl sites for hydroxylation is 1. The summed E-state index contributed by atoms with van der Waals surface area (Å²) in [5.74, 6) is 0. The molecule has 112 valence electrons. The van der Waals surface area contributed by atoms with Crippen LogP contribution in [0.15, 0.2) is 18.2 Å². The molecule has 1 aliphatic heterocycles. The van der Waals surface area contributed by atoms with Gasteiger partial charge in [0.25, 0.3) is 0 Å². The maximum absolute atomic E-state index is 5.72. The third-order valence-electron chi connectivity index (χ3n) is 3.74. The van der Waals surface area contributed by atoms with E-state index in [9.17, 15) is 0 Å². The van der Waals surface area contributed by atoms with Crippen LogP contribution in [0.5, 0.6) is 0 Å². The summed E-state index contributed by atoms with van der Waals surface area (Å²) in [6.45, 7) is 4.99. The van der Waals surface area contributed by atoms with Crippen LogP contribution in [0.4, 0.5) is 5.69 Å². The lowest BCUT2D eigenvalue weighted by Crippen LogP contribution is -2.31. The van der Waals surface area contributed by atoms with E-state index in [1.165, 1.54) is 29.7 Å². The molecule has 1 aromatic carbocycles. The highest BCUT2D eigenvalue weighted by Gasteiger charge is 2.16. The number of anilines is 1. The third-order valence-corrected chi connectivity index (χ3v) is 3.74. The molecular formula is C16H26N2O2. The molecule has 0 saturated carbocycles. The van der Waals surface area contributed by atoms with Gasteiger partial charge in [-0.3, -0.25) is 0 Å². The van der Waals surface area contributed by atoms with Gasteiger partial charge in [-0.1, -0.05) is 12.1 Å². The molecule has 0 atom stereocenters. The molecule has 1 aromatic rings. The molecule has 0 unspecified atom stereocenters. The van der Waals surface area contributed by atoms with Crippen LogP contribution in [0.25, 0.3) is 0 Å². The maximum atomic E-state index is 5.72. The molecule has 0 fully saturated rings. The number of nitrogens with zero attached hydrogens (tertiary/aromatic N) is 1. The minimum atomic E-state index is 0.626. The second-order valence-corrected chi connectivity index (χ2v) is 5.22. The molecule has 0 aromatic heterocycles. The summed E-state index contributed by atoms with van der Waals surface area (Å²) in [6, 6.07) is 6.63. The van der Waals surface area contributed by atoms with Crippen molar-refractivity contribution in [3.8, 4) is 0 Å². The Bertz CT molecular complexity index is 409. The van der Waals surface area contributed by atoms with Crippen LogP contribution in [0, 0.1) is 0 Å². The molecule has 0 radical (unpaired) electrons. The number of rotatable bonds is 8. The first kappa shape index (κ1) is 15.3. The van der Waals surface area contributed by atoms with E-state index in [4.69, 9.17) is 15.2 Å². The molecular weight excluding hydrogens is 252 g/mol. The van der Waals surface area contributed by atoms with E-state index in [2.05, 4.69) is 23.1 Å². The normalized spacial score (nSPS) is 14.4. The minimum absolute atomic E-state index is 0.626. The molecule has 0 bridgehead atoms. The fourth-order valence-electron chi connectivity index (χ4n) is 2.69. The lowest BCUT2D eigenvalue weighted by atomic mass is 9.99. The van der Waals surface area contributed by atoms with Crippen molar-refractivity contribution in [2.45, 2.75) is 25.8 Å². The van der Waals surface area contributed by atoms with Crippen LogP contribution < -0.4 is 10.6 Å². The van der Waals surface area contributed by atoms with Crippen LogP contribution in [-0.4, -0.2) is 40.0 Å². The van der Waals surface area contributed by atoms with Crippen molar-refractivity contribution in [2.24, 2.45) is 5.73 Å². The van der Waals surface area contributed by atoms with Crippen molar-refractivity contribution in [1.82, 2.24) is 0 Å². The number of fused-ring (bicyclic) bond motifs is 1. The number of hydrogen-bond donors (Lipinski definition) is 1. The van der Waals surface area contributed by atoms with Gasteiger partial charge in [-0.2, -0.15) is 0 Å². The van der Waals surface area contributed by atoms with Crippen molar-refractivity contribution in [1.29, 1.82) is 0 Å². The van der Waals surface area contributed by atoms with Crippen molar-refractivity contribution in [3.63, 3.8) is 0 Å². The summed E-state index contributed by atoms with van der Waals surface area (Å²) in [7, 11) is 1.70. The standard InChI is InChI=1S/C16H26N2O2/c1-19-10-11-20-9-3-8-18-7-2-4-15-12-14(13-17)5-6-16(15)18/h5-6,12H,2-4,7-11,13,17H2,1H3. The number of hydrogen-bond acceptors (Lipinski definition) is 4. The molecule has 2 rings (SSSR count). The van der Waals surface area contributed by atoms with E-state index >= 15 is 0 Å². The Hall–Kier alpha value is -1.10. The average Bonchev–Trinajstić information content (AvgIpc) is 2.50. The average molecular weight is 278 g/mol. The van der Waals surface area contributed by atoms with E-state index in [-0.39, 0.29) is 0 Å². The van der Waals surface area contributed by atoms with Gasteiger partial charge in [-0.05, 0) is 36.5 Å². The van der Waals surface area contributed by atoms with Crippen LogP contribution in [-0.2, 0) is 22.4 Å². The highest BCUT2D eigenvalue weighted by molar-refractivity contribution is 5.56. The van der Waals surface area contributed by atoms with Gasteiger partial charge in [0.1, 0.15) is 0 Å². The molecule has 1 heterocycles. The fraction of sp³-hybridized carbons (Fsp3) is 0.625. The maximum Gasteiger partial charge on any atom is 0.0700 e. The lowest BCUT2D eigenvalue weighted by Gasteiger charge is -2.31. The second-order valence-electron chi connectivity index (χ2n) is 5.22. The molecule has 0 spiro atoms. The van der Waals surface area contributed by atoms with Gasteiger partial charge in [-0.15, -0.1) is 0 Å². The highest BCUT2D eigenvalue weighted by Crippen LogP contribution is 2.28. The summed E-state index contributed by atoms with van der Waals surface area (Å²) in [4.78, 5) is 2.47. The fourth-order valence-corrected chi connectivity index (χ4v) is 2.69. The minimum Gasteiger partial charge on any atom is -0.382 e. The number of nitrogens with two attached hydrogens (primary N) is 1. The SMILES string of the molecule is COCCOCCCN1CCCc2cc(CN)ccc21. The van der Waals surface area contributed by atoms with E-state index < -0.39 is 0 Å². The topological polar surface area (TPSA) is 47.7 Å². The second kappa shape index (κ2) is 8.25. The van der Waals surface area contributed by atoms with Crippen molar-refractivity contribution in [3.05, 3.63) is 29.3 Å². The van der Waals surface area contributed by atoms with Crippen LogP contribution in [0.3, 0.4) is 0 Å². The predicted molar refractivity (Wildman–Crippen MR) is 82.2 cm³/mol. The largest absolute Gasteiger partial charge is 0.382 e. The van der Waals surface area contributed by atoms with Gasteiger partial charge in [-0.25, -0.2) is 0 Å². The van der Waals surface area contributed by atoms with Gasteiger partial charge in [0.15, 0.2) is 0 Å². The number of methoxy groups -OCH3 is 1. The van der Waals surface area contributed by atoms with Crippen LogP contribution in [0.2, 0.25) is 0 Å². The van der Waals surface area contributed by atoms with Gasteiger partial charge in [0.05, 0.1) is 13.2 Å². The summed E-state index contributed by atoms with van der Waals surface area (Å²) in [5.41, 5.74) is 9.77. The first-order valence-electron chi connectivity index (χ1n) is 7.48. The molecule has 1 aliphatic rings. The number of benzene rings is 1. The molecule has 20 heavy (non-hydrogen) atoms. The Kier molecular flexibility index (Phi) is 6.30. The quantitative estimate of drug-likeness (QED) is 0.738.